The van der Waals surface area contributed by atoms with Gasteiger partial charge < -0.3 is 9.88 Å². The number of aromatic amines is 1. The number of hydrogen-bond acceptors (Lipinski definition) is 1. The van der Waals surface area contributed by atoms with E-state index in [0.29, 0.717) is 5.92 Å². The number of para-hydroxylation sites is 2. The number of nitrogens with zero attached hydrogens (tertiary/aromatic N) is 1. The molecular formula is C30H22N2. The van der Waals surface area contributed by atoms with E-state index in [1.54, 1.807) is 0 Å². The van der Waals surface area contributed by atoms with Crippen LogP contribution in [-0.2, 0) is 0 Å². The molecule has 2 nitrogen and oxygen atoms in total. The number of rotatable bonds is 2. The van der Waals surface area contributed by atoms with Crippen LogP contribution in [0.15, 0.2) is 115 Å². The lowest BCUT2D eigenvalue weighted by atomic mass is 9.90. The van der Waals surface area contributed by atoms with Crippen LogP contribution < -0.4 is 4.90 Å². The lowest BCUT2D eigenvalue weighted by molar-refractivity contribution is 0.820. The van der Waals surface area contributed by atoms with Gasteiger partial charge in [0.25, 0.3) is 0 Å². The minimum absolute atomic E-state index is 0.409. The molecule has 2 aliphatic rings. The fourth-order valence-corrected chi connectivity index (χ4v) is 5.38. The Morgan fingerprint density at radius 1 is 0.719 bits per heavy atom. The molecule has 1 aliphatic carbocycles. The number of anilines is 2. The van der Waals surface area contributed by atoms with Crippen LogP contribution in [0.3, 0.4) is 0 Å². The van der Waals surface area contributed by atoms with E-state index < -0.39 is 0 Å². The van der Waals surface area contributed by atoms with Crippen molar-refractivity contribution in [3.05, 3.63) is 120 Å². The summed E-state index contributed by atoms with van der Waals surface area (Å²) in [6.45, 7) is 0. The number of hydrogen-bond donors (Lipinski definition) is 1. The summed E-state index contributed by atoms with van der Waals surface area (Å²) in [5.74, 6) is 0.409. The average molecular weight is 411 g/mol. The maximum absolute atomic E-state index is 3.54. The van der Waals surface area contributed by atoms with Crippen molar-refractivity contribution in [2.45, 2.75) is 12.3 Å². The van der Waals surface area contributed by atoms with Crippen LogP contribution in [0.25, 0.3) is 32.9 Å². The van der Waals surface area contributed by atoms with Gasteiger partial charge >= 0.3 is 0 Å². The van der Waals surface area contributed by atoms with Gasteiger partial charge in [0.15, 0.2) is 0 Å². The van der Waals surface area contributed by atoms with Crippen molar-refractivity contribution in [2.75, 3.05) is 4.90 Å². The van der Waals surface area contributed by atoms with Gasteiger partial charge in [-0.25, -0.2) is 0 Å². The first kappa shape index (κ1) is 17.6. The van der Waals surface area contributed by atoms with Crippen molar-refractivity contribution in [1.29, 1.82) is 0 Å². The van der Waals surface area contributed by atoms with Gasteiger partial charge in [0.1, 0.15) is 0 Å². The van der Waals surface area contributed by atoms with Gasteiger partial charge in [0.05, 0.1) is 0 Å². The molecule has 7 rings (SSSR count). The highest BCUT2D eigenvalue weighted by atomic mass is 15.2. The fraction of sp³-hybridized carbons (Fsp3) is 0.0667. The Hall–Kier alpha value is -4.04. The molecule has 0 amide bonds. The maximum Gasteiger partial charge on any atom is 0.0497 e. The lowest BCUT2D eigenvalue weighted by Gasteiger charge is -2.24. The summed E-state index contributed by atoms with van der Waals surface area (Å²) in [4.78, 5) is 5.96. The quantitative estimate of drug-likeness (QED) is 0.312. The zero-order valence-electron chi connectivity index (χ0n) is 17.6. The summed E-state index contributed by atoms with van der Waals surface area (Å²) in [6.07, 6.45) is 7.81. The zero-order chi connectivity index (χ0) is 21.1. The van der Waals surface area contributed by atoms with Crippen molar-refractivity contribution in [1.82, 2.24) is 4.98 Å². The van der Waals surface area contributed by atoms with Crippen molar-refractivity contribution in [3.63, 3.8) is 0 Å². The summed E-state index contributed by atoms with van der Waals surface area (Å²) in [5.41, 5.74) is 10.2. The third-order valence-electron chi connectivity index (χ3n) is 6.89. The molecule has 4 aromatic carbocycles. The topological polar surface area (TPSA) is 19.0 Å². The van der Waals surface area contributed by atoms with Gasteiger partial charge in [-0.05, 0) is 71.7 Å². The van der Waals surface area contributed by atoms with Crippen LogP contribution in [0.4, 0.5) is 11.4 Å². The average Bonchev–Trinajstić information content (AvgIpc) is 3.39. The van der Waals surface area contributed by atoms with Gasteiger partial charge in [-0.2, -0.15) is 0 Å². The molecule has 1 unspecified atom stereocenters. The van der Waals surface area contributed by atoms with Gasteiger partial charge in [-0.15, -0.1) is 0 Å². The molecule has 0 saturated carbocycles. The minimum atomic E-state index is 0.409. The first-order valence-electron chi connectivity index (χ1n) is 11.2. The van der Waals surface area contributed by atoms with Crippen molar-refractivity contribution in [3.8, 4) is 11.1 Å². The number of nitrogens with one attached hydrogen (secondary N) is 1. The van der Waals surface area contributed by atoms with Crippen LogP contribution in [0.2, 0.25) is 0 Å². The van der Waals surface area contributed by atoms with Crippen LogP contribution in [-0.4, -0.2) is 4.98 Å². The highest BCUT2D eigenvalue weighted by Crippen LogP contribution is 2.51. The molecule has 2 heteroatoms. The molecule has 0 bridgehead atoms. The van der Waals surface area contributed by atoms with Crippen LogP contribution >= 0.6 is 0 Å². The fourth-order valence-electron chi connectivity index (χ4n) is 5.38. The molecule has 0 radical (unpaired) electrons. The van der Waals surface area contributed by atoms with E-state index in [2.05, 4.69) is 119 Å². The van der Waals surface area contributed by atoms with Gasteiger partial charge in [-0.1, -0.05) is 60.7 Å². The third kappa shape index (κ3) is 2.53. The molecular weight excluding hydrogens is 388 g/mol. The Balaban J connectivity index is 1.39. The third-order valence-corrected chi connectivity index (χ3v) is 6.89. The molecule has 1 aliphatic heterocycles. The van der Waals surface area contributed by atoms with Crippen LogP contribution in [0, 0.1) is 0 Å². The SMILES string of the molecule is C1=CCC2C(=C1)N(c1ccccc1)c1ccc(-c3ccc4[nH]c5ccccc5c4c3)cc12. The maximum atomic E-state index is 3.54. The Morgan fingerprint density at radius 3 is 2.44 bits per heavy atom. The Bertz CT molecular complexity index is 1550. The summed E-state index contributed by atoms with van der Waals surface area (Å²) in [5, 5.41) is 2.56. The summed E-state index contributed by atoms with van der Waals surface area (Å²) >= 11 is 0. The van der Waals surface area contributed by atoms with Crippen molar-refractivity contribution >= 4 is 33.2 Å². The monoisotopic (exact) mass is 410 g/mol. The number of allylic oxidation sites excluding steroid dienone is 4. The second kappa shape index (κ2) is 6.73. The summed E-state index contributed by atoms with van der Waals surface area (Å²) in [6, 6.07) is 33.0. The largest absolute Gasteiger partial charge is 0.355 e. The predicted octanol–water partition coefficient (Wildman–Crippen LogP) is 8.07. The van der Waals surface area contributed by atoms with Gasteiger partial charge in [0.2, 0.25) is 0 Å². The van der Waals surface area contributed by atoms with E-state index in [1.807, 2.05) is 0 Å². The van der Waals surface area contributed by atoms with E-state index in [0.717, 1.165) is 6.42 Å². The molecule has 1 atom stereocenters. The first-order valence-corrected chi connectivity index (χ1v) is 11.2. The number of aromatic nitrogens is 1. The van der Waals surface area contributed by atoms with E-state index in [1.165, 1.54) is 55.6 Å². The highest BCUT2D eigenvalue weighted by Gasteiger charge is 2.34. The Kier molecular flexibility index (Phi) is 3.71. The minimum Gasteiger partial charge on any atom is -0.355 e. The standard InChI is InChI=1S/C30H22N2/c1-2-8-22(9-3-1)32-29-13-7-5-11-24(29)26-19-21(15-17-30(26)32)20-14-16-28-25(18-20)23-10-4-6-12-27(23)31-28/h1-10,12-19,24,31H,11H2. The van der Waals surface area contributed by atoms with E-state index in [-0.39, 0.29) is 0 Å². The van der Waals surface area contributed by atoms with Crippen molar-refractivity contribution in [2.24, 2.45) is 0 Å². The number of fused-ring (bicyclic) bond motifs is 6. The smallest absolute Gasteiger partial charge is 0.0497 e. The molecule has 32 heavy (non-hydrogen) atoms. The molecule has 0 saturated heterocycles. The van der Waals surface area contributed by atoms with Crippen LogP contribution in [0.5, 0.6) is 0 Å². The molecule has 1 aromatic heterocycles. The van der Waals surface area contributed by atoms with Gasteiger partial charge in [-0.3, -0.25) is 0 Å². The highest BCUT2D eigenvalue weighted by molar-refractivity contribution is 6.08. The predicted molar refractivity (Wildman–Crippen MR) is 134 cm³/mol. The normalized spacial score (nSPS) is 16.9. The molecule has 0 spiro atoms. The second-order valence-electron chi connectivity index (χ2n) is 8.68. The van der Waals surface area contributed by atoms with E-state index in [9.17, 15) is 0 Å². The summed E-state index contributed by atoms with van der Waals surface area (Å²) in [7, 11) is 0. The van der Waals surface area contributed by atoms with E-state index in [4.69, 9.17) is 0 Å². The molecule has 5 aromatic rings. The molecule has 2 heterocycles. The zero-order valence-corrected chi connectivity index (χ0v) is 17.6. The van der Waals surface area contributed by atoms with Gasteiger partial charge in [0, 0.05) is 44.8 Å². The Labute approximate surface area is 187 Å². The summed E-state index contributed by atoms with van der Waals surface area (Å²) < 4.78 is 0. The Morgan fingerprint density at radius 2 is 1.50 bits per heavy atom. The van der Waals surface area contributed by atoms with Crippen molar-refractivity contribution < 1.29 is 0 Å². The number of H-pyrrole nitrogens is 1. The lowest BCUT2D eigenvalue weighted by Crippen LogP contribution is -2.14. The van der Waals surface area contributed by atoms with E-state index >= 15 is 0 Å². The van der Waals surface area contributed by atoms with Crippen LogP contribution in [0.1, 0.15) is 17.9 Å². The molecule has 1 N–H and O–H groups in total. The second-order valence-corrected chi connectivity index (χ2v) is 8.68. The first-order chi connectivity index (χ1) is 15.9. The number of benzene rings is 4. The molecule has 0 fully saturated rings. The molecule has 152 valence electrons.